The third-order valence-electron chi connectivity index (χ3n) is 3.26. The summed E-state index contributed by atoms with van der Waals surface area (Å²) in [5.74, 6) is -0.0867. The summed E-state index contributed by atoms with van der Waals surface area (Å²) in [5, 5.41) is 3.23. The SMILES string of the molecule is COc1ccc(Cl)cc1/C=C1/C(=O)Nc2ccc(F)cc21. The molecule has 0 bridgehead atoms. The Morgan fingerprint density at radius 2 is 2.05 bits per heavy atom. The normalized spacial score (nSPS) is 15.0. The molecule has 1 N–H and O–H groups in total. The molecule has 21 heavy (non-hydrogen) atoms. The number of halogens is 2. The highest BCUT2D eigenvalue weighted by atomic mass is 35.5. The molecule has 0 fully saturated rings. The monoisotopic (exact) mass is 303 g/mol. The summed E-state index contributed by atoms with van der Waals surface area (Å²) in [4.78, 5) is 12.1. The molecule has 5 heteroatoms. The number of hydrogen-bond donors (Lipinski definition) is 1. The van der Waals surface area contributed by atoms with E-state index in [0.29, 0.717) is 33.2 Å². The van der Waals surface area contributed by atoms with Crippen LogP contribution in [0.4, 0.5) is 10.1 Å². The van der Waals surface area contributed by atoms with Gasteiger partial charge in [-0.25, -0.2) is 4.39 Å². The minimum absolute atomic E-state index is 0.280. The number of hydrogen-bond acceptors (Lipinski definition) is 2. The van der Waals surface area contributed by atoms with Gasteiger partial charge in [0.15, 0.2) is 0 Å². The molecule has 0 radical (unpaired) electrons. The average molecular weight is 304 g/mol. The first-order valence-electron chi connectivity index (χ1n) is 6.25. The molecule has 1 heterocycles. The molecule has 106 valence electrons. The third-order valence-corrected chi connectivity index (χ3v) is 3.49. The predicted octanol–water partition coefficient (Wildman–Crippen LogP) is 3.98. The van der Waals surface area contributed by atoms with Gasteiger partial charge >= 0.3 is 0 Å². The van der Waals surface area contributed by atoms with Crippen molar-refractivity contribution in [2.45, 2.75) is 0 Å². The fourth-order valence-electron chi connectivity index (χ4n) is 2.28. The molecule has 0 spiro atoms. The Labute approximate surface area is 126 Å². The second-order valence-corrected chi connectivity index (χ2v) is 5.02. The van der Waals surface area contributed by atoms with E-state index < -0.39 is 5.82 Å². The molecule has 0 aromatic heterocycles. The van der Waals surface area contributed by atoms with Crippen molar-refractivity contribution in [3.8, 4) is 5.75 Å². The zero-order valence-corrected chi connectivity index (χ0v) is 11.9. The van der Waals surface area contributed by atoms with Crippen LogP contribution in [-0.2, 0) is 4.79 Å². The first-order valence-corrected chi connectivity index (χ1v) is 6.63. The van der Waals surface area contributed by atoms with Crippen LogP contribution in [0.5, 0.6) is 5.75 Å². The Bertz CT molecular complexity index is 771. The molecular weight excluding hydrogens is 293 g/mol. The number of carbonyl (C=O) groups excluding carboxylic acids is 1. The molecule has 1 aliphatic heterocycles. The fourth-order valence-corrected chi connectivity index (χ4v) is 2.46. The second kappa shape index (κ2) is 5.22. The van der Waals surface area contributed by atoms with Crippen LogP contribution in [0.1, 0.15) is 11.1 Å². The number of benzene rings is 2. The number of nitrogens with one attached hydrogen (secondary N) is 1. The van der Waals surface area contributed by atoms with E-state index in [0.717, 1.165) is 0 Å². The van der Waals surface area contributed by atoms with Crippen molar-refractivity contribution in [3.63, 3.8) is 0 Å². The number of fused-ring (bicyclic) bond motifs is 1. The molecule has 0 saturated heterocycles. The van der Waals surface area contributed by atoms with Gasteiger partial charge < -0.3 is 10.1 Å². The molecule has 0 aliphatic carbocycles. The number of rotatable bonds is 2. The number of anilines is 1. The summed E-state index contributed by atoms with van der Waals surface area (Å²) < 4.78 is 18.6. The van der Waals surface area contributed by atoms with Crippen LogP contribution in [0.2, 0.25) is 5.02 Å². The highest BCUT2D eigenvalue weighted by molar-refractivity contribution is 6.35. The van der Waals surface area contributed by atoms with Gasteiger partial charge in [0, 0.05) is 27.4 Å². The summed E-state index contributed by atoms with van der Waals surface area (Å²) in [6, 6.07) is 9.29. The molecule has 1 aliphatic rings. The van der Waals surface area contributed by atoms with E-state index in [-0.39, 0.29) is 5.91 Å². The van der Waals surface area contributed by atoms with Gasteiger partial charge in [0.05, 0.1) is 7.11 Å². The lowest BCUT2D eigenvalue weighted by Gasteiger charge is -2.06. The second-order valence-electron chi connectivity index (χ2n) is 4.59. The van der Waals surface area contributed by atoms with Gasteiger partial charge in [-0.05, 0) is 42.5 Å². The summed E-state index contributed by atoms with van der Waals surface area (Å²) in [6.45, 7) is 0. The topological polar surface area (TPSA) is 38.3 Å². The van der Waals surface area contributed by atoms with Crippen LogP contribution in [0.3, 0.4) is 0 Å². The lowest BCUT2D eigenvalue weighted by atomic mass is 10.0. The molecule has 1 amide bonds. The molecule has 2 aromatic rings. The van der Waals surface area contributed by atoms with Crippen molar-refractivity contribution in [1.29, 1.82) is 0 Å². The predicted molar refractivity (Wildman–Crippen MR) is 80.9 cm³/mol. The maximum atomic E-state index is 13.4. The Kier molecular flexibility index (Phi) is 3.39. The van der Waals surface area contributed by atoms with Crippen LogP contribution in [0, 0.1) is 5.82 Å². The van der Waals surface area contributed by atoms with Gasteiger partial charge in [-0.3, -0.25) is 4.79 Å². The van der Waals surface area contributed by atoms with Crippen LogP contribution in [0.15, 0.2) is 36.4 Å². The van der Waals surface area contributed by atoms with Crippen molar-refractivity contribution in [2.75, 3.05) is 12.4 Å². The van der Waals surface area contributed by atoms with Gasteiger partial charge in [0.2, 0.25) is 0 Å². The minimum Gasteiger partial charge on any atom is -0.496 e. The van der Waals surface area contributed by atoms with Crippen molar-refractivity contribution in [3.05, 3.63) is 58.4 Å². The molecular formula is C16H11ClFNO2. The smallest absolute Gasteiger partial charge is 0.256 e. The largest absolute Gasteiger partial charge is 0.496 e. The molecule has 0 atom stereocenters. The molecule has 3 nitrogen and oxygen atoms in total. The third kappa shape index (κ3) is 2.50. The molecule has 0 unspecified atom stereocenters. The first-order chi connectivity index (χ1) is 10.1. The minimum atomic E-state index is -0.394. The zero-order chi connectivity index (χ0) is 15.0. The molecule has 3 rings (SSSR count). The van der Waals surface area contributed by atoms with Crippen LogP contribution in [-0.4, -0.2) is 13.0 Å². The van der Waals surface area contributed by atoms with Crippen molar-refractivity contribution < 1.29 is 13.9 Å². The average Bonchev–Trinajstić information content (AvgIpc) is 2.75. The van der Waals surface area contributed by atoms with Crippen molar-refractivity contribution >= 4 is 34.8 Å². The number of ether oxygens (including phenoxy) is 1. The summed E-state index contributed by atoms with van der Waals surface area (Å²) >= 11 is 5.98. The maximum absolute atomic E-state index is 13.4. The van der Waals surface area contributed by atoms with Crippen LogP contribution in [0.25, 0.3) is 11.6 Å². The van der Waals surface area contributed by atoms with E-state index in [1.54, 1.807) is 30.3 Å². The highest BCUT2D eigenvalue weighted by Crippen LogP contribution is 2.35. The van der Waals surface area contributed by atoms with Gasteiger partial charge in [-0.1, -0.05) is 11.6 Å². The van der Waals surface area contributed by atoms with Gasteiger partial charge in [0.25, 0.3) is 5.91 Å². The lowest BCUT2D eigenvalue weighted by Crippen LogP contribution is -2.03. The summed E-state index contributed by atoms with van der Waals surface area (Å²) in [6.07, 6.45) is 1.64. The van der Waals surface area contributed by atoms with Crippen molar-refractivity contribution in [2.24, 2.45) is 0 Å². The standard InChI is InChI=1S/C16H11ClFNO2/c1-21-15-5-2-10(17)6-9(15)7-13-12-8-11(18)3-4-14(12)19-16(13)20/h2-8H,1H3,(H,19,20)/b13-7+. The maximum Gasteiger partial charge on any atom is 0.256 e. The number of carbonyl (C=O) groups is 1. The van der Waals surface area contributed by atoms with Gasteiger partial charge in [-0.2, -0.15) is 0 Å². The zero-order valence-electron chi connectivity index (χ0n) is 11.1. The van der Waals surface area contributed by atoms with Crippen molar-refractivity contribution in [1.82, 2.24) is 0 Å². The lowest BCUT2D eigenvalue weighted by molar-refractivity contribution is -0.110. The number of amides is 1. The van der Waals surface area contributed by atoms with Gasteiger partial charge in [-0.15, -0.1) is 0 Å². The summed E-state index contributed by atoms with van der Waals surface area (Å²) in [7, 11) is 1.54. The van der Waals surface area contributed by atoms with Crippen LogP contribution < -0.4 is 10.1 Å². The van der Waals surface area contributed by atoms with Gasteiger partial charge in [0.1, 0.15) is 11.6 Å². The Morgan fingerprint density at radius 1 is 1.24 bits per heavy atom. The summed E-state index contributed by atoms with van der Waals surface area (Å²) in [5.41, 5.74) is 2.16. The van der Waals surface area contributed by atoms with E-state index in [1.807, 2.05) is 0 Å². The van der Waals surface area contributed by atoms with E-state index in [4.69, 9.17) is 16.3 Å². The van der Waals surface area contributed by atoms with E-state index in [9.17, 15) is 9.18 Å². The Balaban J connectivity index is 2.15. The molecule has 2 aromatic carbocycles. The Hall–Kier alpha value is -2.33. The number of methoxy groups -OCH3 is 1. The fraction of sp³-hybridized carbons (Fsp3) is 0.0625. The van der Waals surface area contributed by atoms with Crippen LogP contribution >= 0.6 is 11.6 Å². The van der Waals surface area contributed by atoms with E-state index in [1.165, 1.54) is 19.2 Å². The molecule has 0 saturated carbocycles. The first kappa shape index (κ1) is 13.6. The van der Waals surface area contributed by atoms with E-state index in [2.05, 4.69) is 5.32 Å². The highest BCUT2D eigenvalue weighted by Gasteiger charge is 2.24. The quantitative estimate of drug-likeness (QED) is 0.852. The Morgan fingerprint density at radius 3 is 2.81 bits per heavy atom. The van der Waals surface area contributed by atoms with E-state index >= 15 is 0 Å².